The number of nitrogens with zero attached hydrogens (tertiary/aromatic N) is 1. The van der Waals surface area contributed by atoms with Crippen LogP contribution < -0.4 is 5.32 Å². The van der Waals surface area contributed by atoms with Crippen LogP contribution in [0.5, 0.6) is 0 Å². The molecule has 0 aliphatic carbocycles. The third-order valence-electron chi connectivity index (χ3n) is 4.73. The van der Waals surface area contributed by atoms with Gasteiger partial charge in [-0.25, -0.2) is 0 Å². The zero-order valence-corrected chi connectivity index (χ0v) is 12.7. The molecular formula is C17H26N2O2. The molecule has 0 bridgehead atoms. The standard InChI is InChI=1S/C17H26N2O2/c1-13-17(7-8-21-13)18-10-15-9-16(20)12-19(15)11-14-5-3-2-4-6-14/h2-6,13,15-18,20H,7-12H2,1H3/t13-,15+,16-,17-/m0/s1. The minimum atomic E-state index is -0.197. The molecule has 21 heavy (non-hydrogen) atoms. The summed E-state index contributed by atoms with van der Waals surface area (Å²) in [4.78, 5) is 2.40. The van der Waals surface area contributed by atoms with Gasteiger partial charge < -0.3 is 15.2 Å². The number of β-amino-alcohol motifs (C(OH)–C–C–N with tert-alkyl or cyclic N) is 1. The van der Waals surface area contributed by atoms with Crippen molar-refractivity contribution >= 4 is 0 Å². The Hall–Kier alpha value is -0.940. The van der Waals surface area contributed by atoms with Gasteiger partial charge in [0.15, 0.2) is 0 Å². The lowest BCUT2D eigenvalue weighted by Crippen LogP contribution is -2.43. The maximum absolute atomic E-state index is 10.00. The third kappa shape index (κ3) is 3.83. The minimum Gasteiger partial charge on any atom is -0.392 e. The van der Waals surface area contributed by atoms with E-state index in [4.69, 9.17) is 4.74 Å². The molecule has 2 N–H and O–H groups in total. The van der Waals surface area contributed by atoms with Crippen LogP contribution in [-0.4, -0.2) is 54.0 Å². The number of rotatable bonds is 5. The van der Waals surface area contributed by atoms with Crippen LogP contribution in [0.25, 0.3) is 0 Å². The molecule has 4 atom stereocenters. The van der Waals surface area contributed by atoms with Gasteiger partial charge in [0.1, 0.15) is 0 Å². The van der Waals surface area contributed by atoms with Gasteiger partial charge in [-0.2, -0.15) is 0 Å². The molecule has 1 aromatic carbocycles. The van der Waals surface area contributed by atoms with E-state index in [-0.39, 0.29) is 6.10 Å². The second-order valence-electron chi connectivity index (χ2n) is 6.34. The fourth-order valence-electron chi connectivity index (χ4n) is 3.47. The molecule has 2 aliphatic heterocycles. The van der Waals surface area contributed by atoms with Crippen molar-refractivity contribution in [2.75, 3.05) is 19.7 Å². The Morgan fingerprint density at radius 3 is 2.86 bits per heavy atom. The van der Waals surface area contributed by atoms with Crippen LogP contribution in [0.1, 0.15) is 25.3 Å². The lowest BCUT2D eigenvalue weighted by atomic mass is 10.1. The zero-order chi connectivity index (χ0) is 14.7. The highest BCUT2D eigenvalue weighted by atomic mass is 16.5. The number of ether oxygens (including phenoxy) is 1. The second-order valence-corrected chi connectivity index (χ2v) is 6.34. The molecule has 0 saturated carbocycles. The minimum absolute atomic E-state index is 0.197. The Balaban J connectivity index is 1.55. The number of aliphatic hydroxyl groups excluding tert-OH is 1. The number of nitrogens with one attached hydrogen (secondary N) is 1. The van der Waals surface area contributed by atoms with E-state index in [1.54, 1.807) is 0 Å². The summed E-state index contributed by atoms with van der Waals surface area (Å²) in [7, 11) is 0. The molecule has 116 valence electrons. The highest BCUT2D eigenvalue weighted by molar-refractivity contribution is 5.15. The molecule has 2 heterocycles. The molecule has 2 aliphatic rings. The van der Waals surface area contributed by atoms with Crippen LogP contribution in [0.4, 0.5) is 0 Å². The van der Waals surface area contributed by atoms with E-state index in [9.17, 15) is 5.11 Å². The van der Waals surface area contributed by atoms with Gasteiger partial charge in [0, 0.05) is 38.3 Å². The first-order chi connectivity index (χ1) is 10.2. The van der Waals surface area contributed by atoms with E-state index in [2.05, 4.69) is 41.4 Å². The Labute approximate surface area is 127 Å². The van der Waals surface area contributed by atoms with Crippen LogP contribution >= 0.6 is 0 Å². The lowest BCUT2D eigenvalue weighted by molar-refractivity contribution is 0.111. The van der Waals surface area contributed by atoms with E-state index < -0.39 is 0 Å². The maximum Gasteiger partial charge on any atom is 0.0700 e. The predicted molar refractivity (Wildman–Crippen MR) is 83.1 cm³/mol. The van der Waals surface area contributed by atoms with Crippen molar-refractivity contribution in [3.8, 4) is 0 Å². The monoisotopic (exact) mass is 290 g/mol. The van der Waals surface area contributed by atoms with E-state index in [0.29, 0.717) is 18.2 Å². The van der Waals surface area contributed by atoms with Crippen LogP contribution in [0.3, 0.4) is 0 Å². The summed E-state index contributed by atoms with van der Waals surface area (Å²) in [5.74, 6) is 0. The van der Waals surface area contributed by atoms with Gasteiger partial charge in [0.2, 0.25) is 0 Å². The fourth-order valence-corrected chi connectivity index (χ4v) is 3.47. The van der Waals surface area contributed by atoms with Gasteiger partial charge in [-0.15, -0.1) is 0 Å². The molecule has 4 heteroatoms. The number of likely N-dealkylation sites (tertiary alicyclic amines) is 1. The van der Waals surface area contributed by atoms with Crippen molar-refractivity contribution in [2.45, 2.75) is 50.6 Å². The SMILES string of the molecule is C[C@@H]1OCC[C@@H]1NC[C@H]1C[C@H](O)CN1Cc1ccccc1. The van der Waals surface area contributed by atoms with E-state index >= 15 is 0 Å². The van der Waals surface area contributed by atoms with Crippen molar-refractivity contribution in [3.05, 3.63) is 35.9 Å². The molecule has 0 amide bonds. The molecule has 0 spiro atoms. The van der Waals surface area contributed by atoms with Crippen LogP contribution in [0.15, 0.2) is 30.3 Å². The van der Waals surface area contributed by atoms with Crippen molar-refractivity contribution in [2.24, 2.45) is 0 Å². The summed E-state index contributed by atoms with van der Waals surface area (Å²) in [5, 5.41) is 13.6. The Kier molecular flexibility index (Phi) is 4.91. The first kappa shape index (κ1) is 15.0. The Bertz CT molecular complexity index is 440. The number of aliphatic hydroxyl groups is 1. The highest BCUT2D eigenvalue weighted by Crippen LogP contribution is 2.21. The number of hydrogen-bond acceptors (Lipinski definition) is 4. The lowest BCUT2D eigenvalue weighted by Gasteiger charge is -2.26. The van der Waals surface area contributed by atoms with Gasteiger partial charge in [-0.3, -0.25) is 4.90 Å². The summed E-state index contributed by atoms with van der Waals surface area (Å²) >= 11 is 0. The van der Waals surface area contributed by atoms with Crippen molar-refractivity contribution in [3.63, 3.8) is 0 Å². The van der Waals surface area contributed by atoms with E-state index in [0.717, 1.165) is 39.1 Å². The molecule has 1 aromatic rings. The number of benzene rings is 1. The summed E-state index contributed by atoms with van der Waals surface area (Å²) in [6, 6.07) is 11.4. The van der Waals surface area contributed by atoms with E-state index in [1.807, 2.05) is 6.07 Å². The number of hydrogen-bond donors (Lipinski definition) is 2. The quantitative estimate of drug-likeness (QED) is 0.860. The summed E-state index contributed by atoms with van der Waals surface area (Å²) in [6.45, 7) is 5.62. The normalized spacial score (nSPS) is 33.6. The van der Waals surface area contributed by atoms with Crippen LogP contribution in [0, 0.1) is 0 Å². The predicted octanol–water partition coefficient (Wildman–Crippen LogP) is 1.39. The summed E-state index contributed by atoms with van der Waals surface area (Å²) in [6.07, 6.45) is 2.06. The molecule has 0 aromatic heterocycles. The fraction of sp³-hybridized carbons (Fsp3) is 0.647. The summed E-state index contributed by atoms with van der Waals surface area (Å²) < 4.78 is 5.60. The average Bonchev–Trinajstić information content (AvgIpc) is 3.04. The molecule has 0 unspecified atom stereocenters. The molecule has 2 saturated heterocycles. The highest BCUT2D eigenvalue weighted by Gasteiger charge is 2.32. The van der Waals surface area contributed by atoms with Gasteiger partial charge in [-0.05, 0) is 25.3 Å². The van der Waals surface area contributed by atoms with Crippen LogP contribution in [-0.2, 0) is 11.3 Å². The van der Waals surface area contributed by atoms with Crippen molar-refractivity contribution in [1.29, 1.82) is 0 Å². The topological polar surface area (TPSA) is 44.7 Å². The molecule has 0 radical (unpaired) electrons. The first-order valence-electron chi connectivity index (χ1n) is 8.03. The van der Waals surface area contributed by atoms with Crippen LogP contribution in [0.2, 0.25) is 0 Å². The van der Waals surface area contributed by atoms with Gasteiger partial charge in [0.05, 0.1) is 12.2 Å². The largest absolute Gasteiger partial charge is 0.392 e. The van der Waals surface area contributed by atoms with Gasteiger partial charge >= 0.3 is 0 Å². The van der Waals surface area contributed by atoms with Crippen molar-refractivity contribution in [1.82, 2.24) is 10.2 Å². The zero-order valence-electron chi connectivity index (χ0n) is 12.7. The Morgan fingerprint density at radius 2 is 2.14 bits per heavy atom. The Morgan fingerprint density at radius 1 is 1.33 bits per heavy atom. The molecule has 4 nitrogen and oxygen atoms in total. The summed E-state index contributed by atoms with van der Waals surface area (Å²) in [5.41, 5.74) is 1.31. The van der Waals surface area contributed by atoms with Gasteiger partial charge in [0.25, 0.3) is 0 Å². The van der Waals surface area contributed by atoms with E-state index in [1.165, 1.54) is 5.56 Å². The average molecular weight is 290 g/mol. The smallest absolute Gasteiger partial charge is 0.0700 e. The maximum atomic E-state index is 10.00. The van der Waals surface area contributed by atoms with Gasteiger partial charge in [-0.1, -0.05) is 30.3 Å². The molecule has 2 fully saturated rings. The first-order valence-corrected chi connectivity index (χ1v) is 8.03. The third-order valence-corrected chi connectivity index (χ3v) is 4.73. The van der Waals surface area contributed by atoms with Crippen molar-refractivity contribution < 1.29 is 9.84 Å². The second kappa shape index (κ2) is 6.88. The molecular weight excluding hydrogens is 264 g/mol. The molecule has 3 rings (SSSR count).